The number of carbonyl (C=O) groups is 1. The summed E-state index contributed by atoms with van der Waals surface area (Å²) < 4.78 is 0. The highest BCUT2D eigenvalue weighted by Crippen LogP contribution is 2.12. The lowest BCUT2D eigenvalue weighted by Gasteiger charge is -2.23. The van der Waals surface area contributed by atoms with Gasteiger partial charge < -0.3 is 5.73 Å². The van der Waals surface area contributed by atoms with Gasteiger partial charge in [-0.1, -0.05) is 48.5 Å². The number of rotatable bonds is 4. The second kappa shape index (κ2) is 7.49. The number of tetrazole rings is 1. The summed E-state index contributed by atoms with van der Waals surface area (Å²) in [5, 5.41) is 13.4. The smallest absolute Gasteiger partial charge is 0.262 e. The fourth-order valence-corrected chi connectivity index (χ4v) is 2.28. The van der Waals surface area contributed by atoms with E-state index in [0.29, 0.717) is 11.5 Å². The van der Waals surface area contributed by atoms with Crippen molar-refractivity contribution in [3.63, 3.8) is 0 Å². The van der Waals surface area contributed by atoms with Gasteiger partial charge in [0.25, 0.3) is 5.91 Å². The van der Waals surface area contributed by atoms with Crippen molar-refractivity contribution in [3.8, 4) is 11.4 Å². The maximum absolute atomic E-state index is 12.2. The van der Waals surface area contributed by atoms with Crippen LogP contribution in [0.5, 0.6) is 0 Å². The number of hydrogen-bond donors (Lipinski definition) is 2. The van der Waals surface area contributed by atoms with E-state index in [0.717, 1.165) is 5.56 Å². The summed E-state index contributed by atoms with van der Waals surface area (Å²) in [5.74, 6) is 0.0660. The van der Waals surface area contributed by atoms with Crippen LogP contribution in [0.15, 0.2) is 60.7 Å². The highest BCUT2D eigenvalue weighted by molar-refractivity contribution is 7.80. The molecule has 3 aromatic rings. The van der Waals surface area contributed by atoms with Crippen LogP contribution in [-0.4, -0.2) is 31.2 Å². The van der Waals surface area contributed by atoms with Crippen LogP contribution in [0.4, 0.5) is 5.69 Å². The van der Waals surface area contributed by atoms with Gasteiger partial charge in [0.2, 0.25) is 5.82 Å². The van der Waals surface area contributed by atoms with Crippen molar-refractivity contribution in [3.05, 3.63) is 60.7 Å². The third-order valence-corrected chi connectivity index (χ3v) is 3.42. The van der Waals surface area contributed by atoms with Crippen molar-refractivity contribution in [1.82, 2.24) is 25.6 Å². The van der Waals surface area contributed by atoms with Gasteiger partial charge in [0.1, 0.15) is 6.54 Å². The normalized spacial score (nSPS) is 10.2. The van der Waals surface area contributed by atoms with Crippen LogP contribution in [-0.2, 0) is 11.3 Å². The lowest BCUT2D eigenvalue weighted by Crippen LogP contribution is -2.50. The van der Waals surface area contributed by atoms with E-state index in [9.17, 15) is 4.79 Å². The second-order valence-electron chi connectivity index (χ2n) is 5.05. The van der Waals surface area contributed by atoms with Crippen molar-refractivity contribution in [1.29, 1.82) is 0 Å². The van der Waals surface area contributed by atoms with E-state index in [-0.39, 0.29) is 17.6 Å². The molecule has 0 bridgehead atoms. The molecule has 126 valence electrons. The topological polar surface area (TPSA) is 102 Å². The van der Waals surface area contributed by atoms with E-state index in [1.807, 2.05) is 48.5 Å². The van der Waals surface area contributed by atoms with Gasteiger partial charge in [0, 0.05) is 5.56 Å². The van der Waals surface area contributed by atoms with Crippen molar-refractivity contribution in [2.75, 3.05) is 5.01 Å². The van der Waals surface area contributed by atoms with Gasteiger partial charge in [0.15, 0.2) is 5.11 Å². The lowest BCUT2D eigenvalue weighted by atomic mass is 10.2. The van der Waals surface area contributed by atoms with Gasteiger partial charge in [-0.15, -0.1) is 10.2 Å². The van der Waals surface area contributed by atoms with Gasteiger partial charge in [-0.05, 0) is 29.6 Å². The van der Waals surface area contributed by atoms with Crippen molar-refractivity contribution in [2.45, 2.75) is 6.54 Å². The van der Waals surface area contributed by atoms with Crippen LogP contribution in [0.25, 0.3) is 11.4 Å². The summed E-state index contributed by atoms with van der Waals surface area (Å²) in [6.07, 6.45) is 0. The van der Waals surface area contributed by atoms with E-state index < -0.39 is 0 Å². The van der Waals surface area contributed by atoms with Crippen molar-refractivity contribution in [2.24, 2.45) is 5.73 Å². The molecule has 0 unspecified atom stereocenters. The van der Waals surface area contributed by atoms with Gasteiger partial charge in [-0.2, -0.15) is 4.80 Å². The Morgan fingerprint density at radius 1 is 1.12 bits per heavy atom. The first kappa shape index (κ1) is 16.5. The van der Waals surface area contributed by atoms with Crippen LogP contribution < -0.4 is 16.2 Å². The molecule has 0 aliphatic carbocycles. The number of thiocarbonyl (C=S) groups is 1. The molecule has 1 amide bonds. The summed E-state index contributed by atoms with van der Waals surface area (Å²) in [5.41, 5.74) is 9.79. The number of nitrogens with zero attached hydrogens (tertiary/aromatic N) is 5. The highest BCUT2D eigenvalue weighted by Gasteiger charge is 2.15. The monoisotopic (exact) mass is 353 g/mol. The average molecular weight is 353 g/mol. The minimum absolute atomic E-state index is 0.0241. The molecule has 3 rings (SSSR count). The third-order valence-electron chi connectivity index (χ3n) is 3.24. The van der Waals surface area contributed by atoms with Crippen molar-refractivity contribution >= 4 is 28.9 Å². The van der Waals surface area contributed by atoms with Crippen LogP contribution >= 0.6 is 12.2 Å². The Hall–Kier alpha value is -3.33. The first-order valence-electron chi connectivity index (χ1n) is 7.41. The quantitative estimate of drug-likeness (QED) is 0.535. The predicted octanol–water partition coefficient (Wildman–Crippen LogP) is 1.12. The highest BCUT2D eigenvalue weighted by atomic mass is 32.1. The summed E-state index contributed by atoms with van der Waals surface area (Å²) in [6, 6.07) is 18.4. The number of amides is 1. The number of carbonyl (C=O) groups excluding carboxylic acids is 1. The first-order chi connectivity index (χ1) is 12.1. The number of hydrogen-bond acceptors (Lipinski definition) is 5. The predicted molar refractivity (Wildman–Crippen MR) is 97.1 cm³/mol. The molecule has 2 aromatic carbocycles. The Balaban J connectivity index is 1.68. The minimum atomic E-state index is -0.381. The minimum Gasteiger partial charge on any atom is -0.374 e. The third kappa shape index (κ3) is 4.15. The fraction of sp³-hybridized carbons (Fsp3) is 0.0625. The Bertz CT molecular complexity index is 866. The zero-order valence-corrected chi connectivity index (χ0v) is 13.9. The van der Waals surface area contributed by atoms with E-state index in [1.54, 1.807) is 12.1 Å². The number of para-hydroxylation sites is 1. The zero-order chi connectivity index (χ0) is 17.6. The Kier molecular flexibility index (Phi) is 4.95. The first-order valence-corrected chi connectivity index (χ1v) is 7.81. The Labute approximate surface area is 149 Å². The molecule has 0 fully saturated rings. The molecule has 3 N–H and O–H groups in total. The molecule has 0 atom stereocenters. The van der Waals surface area contributed by atoms with Crippen LogP contribution in [0.3, 0.4) is 0 Å². The van der Waals surface area contributed by atoms with Gasteiger partial charge >= 0.3 is 0 Å². The number of hydrazine groups is 1. The molecule has 0 aliphatic heterocycles. The maximum atomic E-state index is 12.2. The van der Waals surface area contributed by atoms with Crippen LogP contribution in [0.2, 0.25) is 0 Å². The molecule has 0 aliphatic rings. The maximum Gasteiger partial charge on any atom is 0.262 e. The van der Waals surface area contributed by atoms with E-state index in [2.05, 4.69) is 20.8 Å². The summed E-state index contributed by atoms with van der Waals surface area (Å²) in [6.45, 7) is -0.119. The molecule has 0 spiro atoms. The average Bonchev–Trinajstić information content (AvgIpc) is 3.09. The number of aromatic nitrogens is 4. The number of nitrogens with one attached hydrogen (secondary N) is 1. The van der Waals surface area contributed by atoms with Gasteiger partial charge in [-0.3, -0.25) is 10.2 Å². The molecule has 1 aromatic heterocycles. The molecule has 0 saturated heterocycles. The Morgan fingerprint density at radius 3 is 2.40 bits per heavy atom. The molecule has 0 saturated carbocycles. The lowest BCUT2D eigenvalue weighted by molar-refractivity contribution is -0.122. The molecular weight excluding hydrogens is 338 g/mol. The number of nitrogens with two attached hydrogens (primary N) is 1. The van der Waals surface area contributed by atoms with E-state index in [4.69, 9.17) is 18.0 Å². The SMILES string of the molecule is NC(=S)N(NC(=O)Cn1nnc(-c2ccccc2)n1)c1ccccc1. The van der Waals surface area contributed by atoms with Gasteiger partial charge in [-0.25, -0.2) is 5.01 Å². The van der Waals surface area contributed by atoms with E-state index in [1.165, 1.54) is 9.81 Å². The largest absolute Gasteiger partial charge is 0.374 e. The molecule has 1 heterocycles. The number of benzene rings is 2. The second-order valence-corrected chi connectivity index (χ2v) is 5.47. The van der Waals surface area contributed by atoms with Crippen LogP contribution in [0, 0.1) is 0 Å². The fourth-order valence-electron chi connectivity index (χ4n) is 2.13. The summed E-state index contributed by atoms with van der Waals surface area (Å²) >= 11 is 4.99. The molecule has 8 nitrogen and oxygen atoms in total. The summed E-state index contributed by atoms with van der Waals surface area (Å²) in [4.78, 5) is 13.5. The standard InChI is InChI=1S/C16H15N7OS/c17-16(25)23(13-9-5-2-6-10-13)19-14(24)11-22-20-15(18-21-22)12-7-3-1-4-8-12/h1-10H,11H2,(H2,17,25)(H,19,24). The molecular formula is C16H15N7OS. The van der Waals surface area contributed by atoms with Gasteiger partial charge in [0.05, 0.1) is 5.69 Å². The molecule has 9 heteroatoms. The number of anilines is 1. The van der Waals surface area contributed by atoms with Crippen molar-refractivity contribution < 1.29 is 4.79 Å². The van der Waals surface area contributed by atoms with Crippen LogP contribution in [0.1, 0.15) is 0 Å². The van der Waals surface area contributed by atoms with E-state index >= 15 is 0 Å². The molecule has 25 heavy (non-hydrogen) atoms. The summed E-state index contributed by atoms with van der Waals surface area (Å²) in [7, 11) is 0. The molecule has 0 radical (unpaired) electrons. The zero-order valence-electron chi connectivity index (χ0n) is 13.1. The Morgan fingerprint density at radius 2 is 1.76 bits per heavy atom.